The molecule has 126 valence electrons. The quantitative estimate of drug-likeness (QED) is 0.863. The highest BCUT2D eigenvalue weighted by Gasteiger charge is 2.17. The van der Waals surface area contributed by atoms with Gasteiger partial charge in [-0.15, -0.1) is 24.8 Å². The molecule has 3 N–H and O–H groups in total. The number of nitrogens with zero attached hydrogens (tertiary/aromatic N) is 2. The van der Waals surface area contributed by atoms with E-state index < -0.39 is 6.04 Å². The monoisotopic (exact) mass is 350 g/mol. The topological polar surface area (TPSA) is 80.5 Å². The average molecular weight is 351 g/mol. The van der Waals surface area contributed by atoms with Crippen LogP contribution in [0.3, 0.4) is 0 Å². The van der Waals surface area contributed by atoms with Crippen molar-refractivity contribution in [3.8, 4) is 0 Å². The first-order valence-electron chi connectivity index (χ1n) is 6.93. The molecule has 22 heavy (non-hydrogen) atoms. The van der Waals surface area contributed by atoms with Crippen molar-refractivity contribution >= 4 is 42.2 Å². The van der Waals surface area contributed by atoms with Gasteiger partial charge in [0, 0.05) is 13.1 Å². The Morgan fingerprint density at radius 2 is 1.95 bits per heavy atom. The van der Waals surface area contributed by atoms with E-state index in [1.165, 1.54) is 0 Å². The van der Waals surface area contributed by atoms with E-state index >= 15 is 0 Å². The molecule has 0 saturated carbocycles. The van der Waals surface area contributed by atoms with Gasteiger partial charge in [-0.25, -0.2) is 4.98 Å². The van der Waals surface area contributed by atoms with Crippen molar-refractivity contribution in [1.82, 2.24) is 4.98 Å². The molecule has 1 aliphatic heterocycles. The van der Waals surface area contributed by atoms with Gasteiger partial charge in [-0.1, -0.05) is 13.8 Å². The van der Waals surface area contributed by atoms with Crippen molar-refractivity contribution in [3.63, 3.8) is 0 Å². The fourth-order valence-electron chi connectivity index (χ4n) is 1.97. The van der Waals surface area contributed by atoms with Crippen LogP contribution in [0.5, 0.6) is 0 Å². The fraction of sp³-hybridized carbons (Fsp3) is 0.571. The van der Waals surface area contributed by atoms with Crippen molar-refractivity contribution in [3.05, 3.63) is 18.3 Å². The van der Waals surface area contributed by atoms with E-state index in [2.05, 4.69) is 15.2 Å². The van der Waals surface area contributed by atoms with Crippen molar-refractivity contribution in [2.24, 2.45) is 11.7 Å². The molecule has 2 rings (SSSR count). The fourth-order valence-corrected chi connectivity index (χ4v) is 1.97. The van der Waals surface area contributed by atoms with E-state index in [1.54, 1.807) is 6.20 Å². The number of ether oxygens (including phenoxy) is 1. The Balaban J connectivity index is 0.00000220. The highest BCUT2D eigenvalue weighted by Crippen LogP contribution is 2.15. The number of halogens is 2. The molecule has 1 atom stereocenters. The molecule has 0 aliphatic carbocycles. The Morgan fingerprint density at radius 1 is 1.32 bits per heavy atom. The first-order chi connectivity index (χ1) is 9.58. The summed E-state index contributed by atoms with van der Waals surface area (Å²) in [5.74, 6) is 0.830. The van der Waals surface area contributed by atoms with Gasteiger partial charge in [0.1, 0.15) is 5.82 Å². The Labute approximate surface area is 143 Å². The van der Waals surface area contributed by atoms with E-state index in [9.17, 15) is 4.79 Å². The summed E-state index contributed by atoms with van der Waals surface area (Å²) in [6, 6.07) is 3.25. The van der Waals surface area contributed by atoms with Crippen molar-refractivity contribution < 1.29 is 9.53 Å². The van der Waals surface area contributed by atoms with Crippen LogP contribution in [0, 0.1) is 5.92 Å². The zero-order valence-electron chi connectivity index (χ0n) is 12.8. The van der Waals surface area contributed by atoms with E-state index in [4.69, 9.17) is 10.5 Å². The minimum absolute atomic E-state index is 0. The average Bonchev–Trinajstić information content (AvgIpc) is 2.48. The molecule has 0 unspecified atom stereocenters. The predicted octanol–water partition coefficient (Wildman–Crippen LogP) is 1.68. The molecule has 1 saturated heterocycles. The number of anilines is 2. The summed E-state index contributed by atoms with van der Waals surface area (Å²) in [7, 11) is 0. The zero-order chi connectivity index (χ0) is 14.5. The molecule has 1 aromatic rings. The number of morpholine rings is 1. The number of carbonyl (C=O) groups is 1. The van der Waals surface area contributed by atoms with Gasteiger partial charge in [0.15, 0.2) is 0 Å². The second-order valence-electron chi connectivity index (χ2n) is 5.26. The molecule has 0 radical (unpaired) electrons. The number of amides is 1. The van der Waals surface area contributed by atoms with Crippen LogP contribution in [-0.2, 0) is 9.53 Å². The molecule has 1 aliphatic rings. The minimum atomic E-state index is -0.506. The molecule has 1 amide bonds. The van der Waals surface area contributed by atoms with Crippen LogP contribution in [-0.4, -0.2) is 43.2 Å². The van der Waals surface area contributed by atoms with Crippen LogP contribution in [0.15, 0.2) is 18.3 Å². The number of hydrogen-bond donors (Lipinski definition) is 2. The van der Waals surface area contributed by atoms with Gasteiger partial charge in [0.2, 0.25) is 5.91 Å². The summed E-state index contributed by atoms with van der Waals surface area (Å²) < 4.78 is 5.31. The molecule has 0 bridgehead atoms. The van der Waals surface area contributed by atoms with Gasteiger partial charge < -0.3 is 20.7 Å². The highest BCUT2D eigenvalue weighted by atomic mass is 35.5. The molecular weight excluding hydrogens is 327 g/mol. The largest absolute Gasteiger partial charge is 0.378 e. The van der Waals surface area contributed by atoms with Gasteiger partial charge in [-0.3, -0.25) is 4.79 Å². The number of pyridine rings is 1. The van der Waals surface area contributed by atoms with Crippen molar-refractivity contribution in [2.75, 3.05) is 36.5 Å². The SMILES string of the molecule is CC(C)[C@@H](N)C(=O)Nc1ccc(N2CCOCC2)nc1.Cl.Cl. The Hall–Kier alpha value is -1.08. The summed E-state index contributed by atoms with van der Waals surface area (Å²) in [6.45, 7) is 6.98. The molecule has 1 aromatic heterocycles. The Kier molecular flexibility index (Phi) is 9.36. The number of rotatable bonds is 4. The van der Waals surface area contributed by atoms with Gasteiger partial charge in [-0.05, 0) is 18.1 Å². The van der Waals surface area contributed by atoms with Gasteiger partial charge >= 0.3 is 0 Å². The summed E-state index contributed by atoms with van der Waals surface area (Å²) in [5, 5.41) is 2.78. The molecule has 2 heterocycles. The number of carbonyl (C=O) groups excluding carboxylic acids is 1. The maximum Gasteiger partial charge on any atom is 0.241 e. The number of nitrogens with one attached hydrogen (secondary N) is 1. The maximum absolute atomic E-state index is 11.8. The normalized spacial score (nSPS) is 15.5. The number of hydrogen-bond acceptors (Lipinski definition) is 5. The van der Waals surface area contributed by atoms with Crippen LogP contribution in [0.25, 0.3) is 0 Å². The standard InChI is InChI=1S/C14H22N4O2.2ClH/c1-10(2)13(15)14(19)17-11-3-4-12(16-9-11)18-5-7-20-8-6-18;;/h3-4,9-10,13H,5-8,15H2,1-2H3,(H,17,19);2*1H/t13-;;/m1../s1. The third kappa shape index (κ3) is 5.61. The second kappa shape index (κ2) is 9.84. The summed E-state index contributed by atoms with van der Waals surface area (Å²) in [6.07, 6.45) is 1.66. The van der Waals surface area contributed by atoms with Crippen LogP contribution in [0.4, 0.5) is 11.5 Å². The smallest absolute Gasteiger partial charge is 0.241 e. The number of aromatic nitrogens is 1. The van der Waals surface area contributed by atoms with Gasteiger partial charge in [-0.2, -0.15) is 0 Å². The third-order valence-corrected chi connectivity index (χ3v) is 3.37. The molecule has 1 fully saturated rings. The second-order valence-corrected chi connectivity index (χ2v) is 5.26. The van der Waals surface area contributed by atoms with Crippen LogP contribution >= 0.6 is 24.8 Å². The molecule has 0 spiro atoms. The first-order valence-corrected chi connectivity index (χ1v) is 6.93. The van der Waals surface area contributed by atoms with Crippen molar-refractivity contribution in [1.29, 1.82) is 0 Å². The van der Waals surface area contributed by atoms with Gasteiger partial charge in [0.25, 0.3) is 0 Å². The van der Waals surface area contributed by atoms with E-state index in [1.807, 2.05) is 26.0 Å². The number of nitrogens with two attached hydrogens (primary N) is 1. The minimum Gasteiger partial charge on any atom is -0.378 e. The van der Waals surface area contributed by atoms with Crippen LogP contribution < -0.4 is 16.0 Å². The molecule has 8 heteroatoms. The van der Waals surface area contributed by atoms with E-state index in [0.717, 1.165) is 32.1 Å². The summed E-state index contributed by atoms with van der Waals surface area (Å²) in [5.41, 5.74) is 6.47. The zero-order valence-corrected chi connectivity index (χ0v) is 14.5. The lowest BCUT2D eigenvalue weighted by Gasteiger charge is -2.27. The summed E-state index contributed by atoms with van der Waals surface area (Å²) in [4.78, 5) is 18.4. The highest BCUT2D eigenvalue weighted by molar-refractivity contribution is 5.94. The van der Waals surface area contributed by atoms with E-state index in [0.29, 0.717) is 5.69 Å². The lowest BCUT2D eigenvalue weighted by Crippen LogP contribution is -2.39. The maximum atomic E-state index is 11.8. The summed E-state index contributed by atoms with van der Waals surface area (Å²) >= 11 is 0. The van der Waals surface area contributed by atoms with Gasteiger partial charge in [0.05, 0.1) is 31.1 Å². The first kappa shape index (κ1) is 20.9. The predicted molar refractivity (Wildman–Crippen MR) is 93.2 cm³/mol. The lowest BCUT2D eigenvalue weighted by molar-refractivity contribution is -0.118. The molecular formula is C14H24Cl2N4O2. The van der Waals surface area contributed by atoms with Crippen LogP contribution in [0.1, 0.15) is 13.8 Å². The van der Waals surface area contributed by atoms with Crippen molar-refractivity contribution in [2.45, 2.75) is 19.9 Å². The Bertz CT molecular complexity index is 451. The van der Waals surface area contributed by atoms with E-state index in [-0.39, 0.29) is 36.6 Å². The Morgan fingerprint density at radius 3 is 2.45 bits per heavy atom. The molecule has 0 aromatic carbocycles. The van der Waals surface area contributed by atoms with Crippen LogP contribution in [0.2, 0.25) is 0 Å². The molecule has 6 nitrogen and oxygen atoms in total. The third-order valence-electron chi connectivity index (χ3n) is 3.37. The lowest BCUT2D eigenvalue weighted by atomic mass is 10.1.